The molecule has 0 fully saturated rings. The molecule has 0 saturated heterocycles. The van der Waals surface area contributed by atoms with E-state index in [1.165, 1.54) is 167 Å². The molecule has 0 rings (SSSR count). The van der Waals surface area contributed by atoms with Crippen LogP contribution in [0.3, 0.4) is 0 Å². The van der Waals surface area contributed by atoms with Crippen LogP contribution in [0.2, 0.25) is 0 Å². The lowest BCUT2D eigenvalue weighted by Gasteiger charge is -2.18. The Bertz CT molecular complexity index is 828. The maximum atomic E-state index is 12.7. The molecule has 0 bridgehead atoms. The molecular formula is C49H94O6. The minimum Gasteiger partial charge on any atom is -0.462 e. The standard InChI is InChI=1S/C49H94O6/c1-5-8-10-12-14-16-18-19-20-21-22-24-30-34-38-42-49(52)55-46(43-53-47(50)40-36-32-28-23-17-15-13-11-9-6-2)44-54-48(51)41-37-33-29-26-25-27-31-35-39-45(4)7-3/h45-46H,5-44H2,1-4H3/t45?,46-/m1/s1. The van der Waals surface area contributed by atoms with Crippen molar-refractivity contribution >= 4 is 17.9 Å². The molecule has 0 aliphatic heterocycles. The lowest BCUT2D eigenvalue weighted by Crippen LogP contribution is -2.30. The fourth-order valence-corrected chi connectivity index (χ4v) is 7.30. The van der Waals surface area contributed by atoms with E-state index in [1.807, 2.05) is 0 Å². The monoisotopic (exact) mass is 779 g/mol. The number of esters is 3. The van der Waals surface area contributed by atoms with Crippen LogP contribution in [0.1, 0.15) is 272 Å². The number of carbonyl (C=O) groups excluding carboxylic acids is 3. The second-order valence-electron chi connectivity index (χ2n) is 17.0. The molecule has 2 atom stereocenters. The zero-order chi connectivity index (χ0) is 40.3. The van der Waals surface area contributed by atoms with Gasteiger partial charge < -0.3 is 14.2 Å². The molecule has 0 saturated carbocycles. The van der Waals surface area contributed by atoms with Gasteiger partial charge in [-0.1, -0.05) is 233 Å². The molecule has 0 aromatic heterocycles. The van der Waals surface area contributed by atoms with Gasteiger partial charge in [0.25, 0.3) is 0 Å². The zero-order valence-corrected chi connectivity index (χ0v) is 37.4. The van der Waals surface area contributed by atoms with Crippen LogP contribution in [-0.4, -0.2) is 37.2 Å². The van der Waals surface area contributed by atoms with Crippen molar-refractivity contribution in [2.75, 3.05) is 13.2 Å². The molecule has 0 amide bonds. The number of unbranched alkanes of at least 4 members (excludes halogenated alkanes) is 30. The minimum absolute atomic E-state index is 0.0637. The van der Waals surface area contributed by atoms with Crippen LogP contribution in [0.4, 0.5) is 0 Å². The normalized spacial score (nSPS) is 12.4. The van der Waals surface area contributed by atoms with Crippen molar-refractivity contribution in [3.05, 3.63) is 0 Å². The fraction of sp³-hybridized carbons (Fsp3) is 0.939. The Morgan fingerprint density at radius 2 is 0.636 bits per heavy atom. The lowest BCUT2D eigenvalue weighted by atomic mass is 9.99. The Morgan fingerprint density at radius 3 is 0.945 bits per heavy atom. The van der Waals surface area contributed by atoms with Crippen molar-refractivity contribution < 1.29 is 28.6 Å². The Hall–Kier alpha value is -1.59. The van der Waals surface area contributed by atoms with Gasteiger partial charge in [-0.05, 0) is 25.2 Å². The van der Waals surface area contributed by atoms with E-state index in [9.17, 15) is 14.4 Å². The summed E-state index contributed by atoms with van der Waals surface area (Å²) in [6.45, 7) is 9.01. The lowest BCUT2D eigenvalue weighted by molar-refractivity contribution is -0.167. The van der Waals surface area contributed by atoms with Gasteiger partial charge in [0, 0.05) is 19.3 Å². The maximum absolute atomic E-state index is 12.7. The molecule has 0 N–H and O–H groups in total. The van der Waals surface area contributed by atoms with E-state index in [-0.39, 0.29) is 31.1 Å². The summed E-state index contributed by atoms with van der Waals surface area (Å²) >= 11 is 0. The third kappa shape index (κ3) is 41.9. The van der Waals surface area contributed by atoms with Crippen molar-refractivity contribution in [2.45, 2.75) is 278 Å². The first-order chi connectivity index (χ1) is 26.9. The second kappa shape index (κ2) is 43.5. The molecule has 0 radical (unpaired) electrons. The van der Waals surface area contributed by atoms with Gasteiger partial charge >= 0.3 is 17.9 Å². The molecular weight excluding hydrogens is 685 g/mol. The van der Waals surface area contributed by atoms with Gasteiger partial charge in [-0.15, -0.1) is 0 Å². The van der Waals surface area contributed by atoms with Crippen LogP contribution in [0.25, 0.3) is 0 Å². The van der Waals surface area contributed by atoms with Crippen molar-refractivity contribution in [3.63, 3.8) is 0 Å². The number of rotatable bonds is 44. The first-order valence-corrected chi connectivity index (χ1v) is 24.4. The van der Waals surface area contributed by atoms with Gasteiger partial charge in [-0.2, -0.15) is 0 Å². The maximum Gasteiger partial charge on any atom is 0.306 e. The van der Waals surface area contributed by atoms with Gasteiger partial charge in [0.1, 0.15) is 13.2 Å². The summed E-state index contributed by atoms with van der Waals surface area (Å²) in [4.78, 5) is 37.8. The molecule has 6 nitrogen and oxygen atoms in total. The Labute approximate surface area is 342 Å². The zero-order valence-electron chi connectivity index (χ0n) is 37.4. The highest BCUT2D eigenvalue weighted by Gasteiger charge is 2.19. The minimum atomic E-state index is -0.759. The van der Waals surface area contributed by atoms with Gasteiger partial charge in [0.15, 0.2) is 6.10 Å². The van der Waals surface area contributed by atoms with E-state index in [1.54, 1.807) is 0 Å². The predicted octanol–water partition coefficient (Wildman–Crippen LogP) is 15.5. The first-order valence-electron chi connectivity index (χ1n) is 24.4. The van der Waals surface area contributed by atoms with E-state index in [2.05, 4.69) is 27.7 Å². The Kier molecular flexibility index (Phi) is 42.3. The van der Waals surface area contributed by atoms with Crippen molar-refractivity contribution in [2.24, 2.45) is 5.92 Å². The summed E-state index contributed by atoms with van der Waals surface area (Å²) in [5.74, 6) is -0.00333. The Morgan fingerprint density at radius 1 is 0.364 bits per heavy atom. The quantitative estimate of drug-likeness (QED) is 0.0348. The average Bonchev–Trinajstić information content (AvgIpc) is 3.18. The van der Waals surface area contributed by atoms with E-state index in [0.717, 1.165) is 63.7 Å². The van der Waals surface area contributed by atoms with Crippen LogP contribution in [0.5, 0.6) is 0 Å². The molecule has 0 aromatic carbocycles. The van der Waals surface area contributed by atoms with Crippen LogP contribution >= 0.6 is 0 Å². The van der Waals surface area contributed by atoms with Crippen LogP contribution < -0.4 is 0 Å². The van der Waals surface area contributed by atoms with Crippen molar-refractivity contribution in [3.8, 4) is 0 Å². The summed E-state index contributed by atoms with van der Waals surface area (Å²) in [6.07, 6.45) is 43.6. The second-order valence-corrected chi connectivity index (χ2v) is 17.0. The number of ether oxygens (including phenoxy) is 3. The Balaban J connectivity index is 4.31. The summed E-state index contributed by atoms with van der Waals surface area (Å²) in [6, 6.07) is 0. The van der Waals surface area contributed by atoms with Crippen molar-refractivity contribution in [1.29, 1.82) is 0 Å². The van der Waals surface area contributed by atoms with Gasteiger partial charge in [0.2, 0.25) is 0 Å². The largest absolute Gasteiger partial charge is 0.462 e. The molecule has 0 heterocycles. The molecule has 55 heavy (non-hydrogen) atoms. The van der Waals surface area contributed by atoms with Gasteiger partial charge in [-0.25, -0.2) is 0 Å². The number of hydrogen-bond acceptors (Lipinski definition) is 6. The van der Waals surface area contributed by atoms with Gasteiger partial charge in [0.05, 0.1) is 0 Å². The molecule has 6 heteroatoms. The summed E-state index contributed by atoms with van der Waals surface area (Å²) in [5.41, 5.74) is 0. The topological polar surface area (TPSA) is 78.9 Å². The van der Waals surface area contributed by atoms with E-state index in [4.69, 9.17) is 14.2 Å². The molecule has 1 unspecified atom stereocenters. The highest BCUT2D eigenvalue weighted by Crippen LogP contribution is 2.17. The highest BCUT2D eigenvalue weighted by atomic mass is 16.6. The van der Waals surface area contributed by atoms with Gasteiger partial charge in [-0.3, -0.25) is 14.4 Å². The number of hydrogen-bond donors (Lipinski definition) is 0. The molecule has 0 aliphatic carbocycles. The number of carbonyl (C=O) groups is 3. The smallest absolute Gasteiger partial charge is 0.306 e. The van der Waals surface area contributed by atoms with E-state index < -0.39 is 6.10 Å². The van der Waals surface area contributed by atoms with E-state index >= 15 is 0 Å². The van der Waals surface area contributed by atoms with Crippen molar-refractivity contribution in [1.82, 2.24) is 0 Å². The predicted molar refractivity (Wildman–Crippen MR) is 233 cm³/mol. The summed E-state index contributed by atoms with van der Waals surface area (Å²) in [7, 11) is 0. The average molecular weight is 779 g/mol. The van der Waals surface area contributed by atoms with Crippen LogP contribution in [0.15, 0.2) is 0 Å². The van der Waals surface area contributed by atoms with Crippen LogP contribution in [0, 0.1) is 5.92 Å². The molecule has 326 valence electrons. The molecule has 0 aliphatic rings. The molecule has 0 spiro atoms. The summed E-state index contributed by atoms with van der Waals surface area (Å²) < 4.78 is 16.7. The summed E-state index contributed by atoms with van der Waals surface area (Å²) in [5, 5.41) is 0. The third-order valence-electron chi connectivity index (χ3n) is 11.4. The fourth-order valence-electron chi connectivity index (χ4n) is 7.30. The van der Waals surface area contributed by atoms with E-state index in [0.29, 0.717) is 19.3 Å². The SMILES string of the molecule is CCCCCCCCCCCCCCCCCC(=O)O[C@H](COC(=O)CCCCCCCCCCCC)COC(=O)CCCCCCCCCCC(C)CC. The van der Waals surface area contributed by atoms with Crippen LogP contribution in [-0.2, 0) is 28.6 Å². The third-order valence-corrected chi connectivity index (χ3v) is 11.4. The highest BCUT2D eigenvalue weighted by molar-refractivity contribution is 5.71. The first kappa shape index (κ1) is 53.4. The molecule has 0 aromatic rings.